The number of thiazole rings is 1. The van der Waals surface area contributed by atoms with E-state index in [1.807, 2.05) is 5.38 Å². The average Bonchev–Trinajstić information content (AvgIpc) is 3.13. The number of rotatable bonds is 8. The molecule has 0 amide bonds. The van der Waals surface area contributed by atoms with Crippen molar-refractivity contribution in [1.82, 2.24) is 15.0 Å². The van der Waals surface area contributed by atoms with Crippen molar-refractivity contribution in [3.8, 4) is 10.6 Å². The van der Waals surface area contributed by atoms with Crippen molar-refractivity contribution in [1.29, 1.82) is 0 Å². The largest absolute Gasteiger partial charge is 0.393 e. The standard InChI is InChI=1S/C18H27N5O2S/c1-2-3-8-19-18-20-9-15(17-22-13(10-24)11-26-17)16(23-18)21-12-4-6-14(25)7-5-12/h9,11-12,14,24-25H,2-8,10H2,1H3,(H2,19,20,21,23). The number of nitrogens with zero attached hydrogens (tertiary/aromatic N) is 3. The number of hydrogen-bond acceptors (Lipinski definition) is 8. The fraction of sp³-hybridized carbons (Fsp3) is 0.611. The molecule has 1 aliphatic rings. The molecule has 0 aromatic carbocycles. The fourth-order valence-electron chi connectivity index (χ4n) is 3.03. The highest BCUT2D eigenvalue weighted by molar-refractivity contribution is 7.13. The van der Waals surface area contributed by atoms with E-state index in [1.165, 1.54) is 11.3 Å². The first-order valence-electron chi connectivity index (χ1n) is 9.30. The van der Waals surface area contributed by atoms with E-state index in [0.717, 1.165) is 61.5 Å². The SMILES string of the molecule is CCCCNc1ncc(-c2nc(CO)cs2)c(NC2CCC(O)CC2)n1. The van der Waals surface area contributed by atoms with E-state index in [2.05, 4.69) is 32.5 Å². The third-order valence-corrected chi connectivity index (χ3v) is 5.51. The number of hydrogen-bond donors (Lipinski definition) is 4. The number of nitrogens with one attached hydrogen (secondary N) is 2. The Labute approximate surface area is 157 Å². The van der Waals surface area contributed by atoms with E-state index in [0.29, 0.717) is 11.6 Å². The maximum absolute atomic E-state index is 9.72. The Morgan fingerprint density at radius 3 is 2.73 bits per heavy atom. The second-order valence-electron chi connectivity index (χ2n) is 6.69. The molecule has 0 spiro atoms. The molecule has 1 saturated carbocycles. The summed E-state index contributed by atoms with van der Waals surface area (Å²) < 4.78 is 0. The van der Waals surface area contributed by atoms with E-state index in [-0.39, 0.29) is 18.8 Å². The van der Waals surface area contributed by atoms with Crippen LogP contribution in [-0.2, 0) is 6.61 Å². The molecule has 0 aliphatic heterocycles. The highest BCUT2D eigenvalue weighted by atomic mass is 32.1. The van der Waals surface area contributed by atoms with Crippen LogP contribution in [0.2, 0.25) is 0 Å². The summed E-state index contributed by atoms with van der Waals surface area (Å²) in [6, 6.07) is 0.285. The van der Waals surface area contributed by atoms with Crippen molar-refractivity contribution in [2.45, 2.75) is 64.2 Å². The zero-order valence-electron chi connectivity index (χ0n) is 15.1. The topological polar surface area (TPSA) is 103 Å². The summed E-state index contributed by atoms with van der Waals surface area (Å²) in [4.78, 5) is 13.6. The van der Waals surface area contributed by atoms with Crippen LogP contribution in [0.3, 0.4) is 0 Å². The monoisotopic (exact) mass is 377 g/mol. The molecule has 26 heavy (non-hydrogen) atoms. The van der Waals surface area contributed by atoms with Crippen molar-refractivity contribution in [3.05, 3.63) is 17.3 Å². The lowest BCUT2D eigenvalue weighted by atomic mass is 9.93. The molecule has 0 radical (unpaired) electrons. The maximum Gasteiger partial charge on any atom is 0.224 e. The van der Waals surface area contributed by atoms with Crippen molar-refractivity contribution >= 4 is 23.1 Å². The lowest BCUT2D eigenvalue weighted by Gasteiger charge is -2.27. The second kappa shape index (κ2) is 9.25. The highest BCUT2D eigenvalue weighted by Gasteiger charge is 2.22. The van der Waals surface area contributed by atoms with Crippen molar-refractivity contribution in [3.63, 3.8) is 0 Å². The zero-order chi connectivity index (χ0) is 18.4. The first-order valence-corrected chi connectivity index (χ1v) is 10.2. The van der Waals surface area contributed by atoms with Gasteiger partial charge in [0.05, 0.1) is 24.0 Å². The molecule has 0 bridgehead atoms. The molecule has 3 rings (SSSR count). The van der Waals surface area contributed by atoms with Crippen LogP contribution >= 0.6 is 11.3 Å². The van der Waals surface area contributed by atoms with E-state index >= 15 is 0 Å². The predicted molar refractivity (Wildman–Crippen MR) is 104 cm³/mol. The van der Waals surface area contributed by atoms with Gasteiger partial charge < -0.3 is 20.8 Å². The smallest absolute Gasteiger partial charge is 0.224 e. The molecule has 2 heterocycles. The lowest BCUT2D eigenvalue weighted by molar-refractivity contribution is 0.126. The molecule has 8 heteroatoms. The van der Waals surface area contributed by atoms with Crippen molar-refractivity contribution in [2.75, 3.05) is 17.2 Å². The molecule has 2 aromatic rings. The highest BCUT2D eigenvalue weighted by Crippen LogP contribution is 2.31. The van der Waals surface area contributed by atoms with E-state index in [9.17, 15) is 10.2 Å². The van der Waals surface area contributed by atoms with Gasteiger partial charge in [0.1, 0.15) is 10.8 Å². The van der Waals surface area contributed by atoms with Crippen LogP contribution in [-0.4, -0.2) is 43.9 Å². The minimum Gasteiger partial charge on any atom is -0.393 e. The van der Waals surface area contributed by atoms with E-state index in [1.54, 1.807) is 6.20 Å². The normalized spacial score (nSPS) is 20.1. The molecule has 4 N–H and O–H groups in total. The van der Waals surface area contributed by atoms with Crippen LogP contribution in [0.5, 0.6) is 0 Å². The second-order valence-corrected chi connectivity index (χ2v) is 7.55. The van der Waals surface area contributed by atoms with Gasteiger partial charge in [-0.1, -0.05) is 13.3 Å². The van der Waals surface area contributed by atoms with E-state index < -0.39 is 0 Å². The van der Waals surface area contributed by atoms with Crippen molar-refractivity contribution in [2.24, 2.45) is 0 Å². The summed E-state index contributed by atoms with van der Waals surface area (Å²) in [5.74, 6) is 1.37. The Morgan fingerprint density at radius 1 is 1.23 bits per heavy atom. The zero-order valence-corrected chi connectivity index (χ0v) is 15.9. The van der Waals surface area contributed by atoms with Gasteiger partial charge in [0.25, 0.3) is 0 Å². The third-order valence-electron chi connectivity index (χ3n) is 4.58. The van der Waals surface area contributed by atoms with Gasteiger partial charge in [0.15, 0.2) is 0 Å². The number of unbranched alkanes of at least 4 members (excludes halogenated alkanes) is 1. The molecule has 0 saturated heterocycles. The van der Waals surface area contributed by atoms with Gasteiger partial charge >= 0.3 is 0 Å². The Bertz CT molecular complexity index is 701. The van der Waals surface area contributed by atoms with Gasteiger partial charge in [-0.25, -0.2) is 9.97 Å². The minimum absolute atomic E-state index is 0.0721. The van der Waals surface area contributed by atoms with Crippen LogP contribution < -0.4 is 10.6 Å². The van der Waals surface area contributed by atoms with Crippen molar-refractivity contribution < 1.29 is 10.2 Å². The maximum atomic E-state index is 9.72. The van der Waals surface area contributed by atoms with Gasteiger partial charge in [-0.3, -0.25) is 0 Å². The number of anilines is 2. The third kappa shape index (κ3) is 4.90. The molecular weight excluding hydrogens is 350 g/mol. The first-order chi connectivity index (χ1) is 12.7. The van der Waals surface area contributed by atoms with Crippen LogP contribution in [0.15, 0.2) is 11.6 Å². The predicted octanol–water partition coefficient (Wildman–Crippen LogP) is 3.02. The number of aromatic nitrogens is 3. The minimum atomic E-state index is -0.185. The van der Waals surface area contributed by atoms with Gasteiger partial charge in [0.2, 0.25) is 5.95 Å². The molecule has 0 atom stereocenters. The first kappa shape index (κ1) is 19.0. The van der Waals surface area contributed by atoms with Crippen LogP contribution in [0.1, 0.15) is 51.1 Å². The molecule has 7 nitrogen and oxygen atoms in total. The quantitative estimate of drug-likeness (QED) is 0.524. The summed E-state index contributed by atoms with van der Waals surface area (Å²) in [6.07, 6.45) is 7.25. The summed E-state index contributed by atoms with van der Waals surface area (Å²) in [6.45, 7) is 2.92. The molecule has 2 aromatic heterocycles. The van der Waals surface area contributed by atoms with Gasteiger partial charge in [0, 0.05) is 24.2 Å². The van der Waals surface area contributed by atoms with Crippen LogP contribution in [0, 0.1) is 0 Å². The Kier molecular flexibility index (Phi) is 6.76. The summed E-state index contributed by atoms with van der Waals surface area (Å²) in [5.41, 5.74) is 1.50. The Morgan fingerprint density at radius 2 is 2.04 bits per heavy atom. The molecule has 1 fully saturated rings. The molecule has 0 unspecified atom stereocenters. The summed E-state index contributed by atoms with van der Waals surface area (Å²) in [5, 5.41) is 28.4. The molecule has 142 valence electrons. The number of aliphatic hydroxyl groups is 2. The summed E-state index contributed by atoms with van der Waals surface area (Å²) >= 11 is 1.48. The molecule has 1 aliphatic carbocycles. The van der Waals surface area contributed by atoms with Crippen LogP contribution in [0.4, 0.5) is 11.8 Å². The fourth-order valence-corrected chi connectivity index (χ4v) is 3.85. The molecular formula is C18H27N5O2S. The Hall–Kier alpha value is -1.77. The van der Waals surface area contributed by atoms with Crippen LogP contribution in [0.25, 0.3) is 10.6 Å². The number of aliphatic hydroxyl groups excluding tert-OH is 2. The van der Waals surface area contributed by atoms with Gasteiger partial charge in [-0.2, -0.15) is 4.98 Å². The van der Waals surface area contributed by atoms with Gasteiger partial charge in [-0.15, -0.1) is 11.3 Å². The average molecular weight is 378 g/mol. The van der Waals surface area contributed by atoms with E-state index in [4.69, 9.17) is 0 Å². The van der Waals surface area contributed by atoms with Gasteiger partial charge in [-0.05, 0) is 32.1 Å². The lowest BCUT2D eigenvalue weighted by Crippen LogP contribution is -2.29. The Balaban J connectivity index is 1.82. The summed E-state index contributed by atoms with van der Waals surface area (Å²) in [7, 11) is 0.